The number of hydrogen-bond acceptors (Lipinski definition) is 5. The Bertz CT molecular complexity index is 995. The van der Waals surface area contributed by atoms with Crippen molar-refractivity contribution in [3.05, 3.63) is 48.2 Å². The Labute approximate surface area is 152 Å². The molecule has 2 heterocycles. The summed E-state index contributed by atoms with van der Waals surface area (Å²) in [5.41, 5.74) is -0.481. The fourth-order valence-electron chi connectivity index (χ4n) is 2.33. The average molecular weight is 405 g/mol. The van der Waals surface area contributed by atoms with Crippen LogP contribution in [-0.2, 0) is 16.0 Å². The highest BCUT2D eigenvalue weighted by Crippen LogP contribution is 2.31. The molecular formula is C15H12ClF3N4O2S. The van der Waals surface area contributed by atoms with Crippen molar-refractivity contribution < 1.29 is 21.6 Å². The Morgan fingerprint density at radius 1 is 1.19 bits per heavy atom. The number of aromatic nitrogens is 2. The van der Waals surface area contributed by atoms with E-state index in [1.54, 1.807) is 0 Å². The normalized spacial score (nSPS) is 15.3. The minimum Gasteiger partial charge on any atom is -0.299 e. The van der Waals surface area contributed by atoms with Gasteiger partial charge in [0.25, 0.3) is 0 Å². The summed E-state index contributed by atoms with van der Waals surface area (Å²) < 4.78 is 64.9. The number of imidazole rings is 1. The van der Waals surface area contributed by atoms with Crippen LogP contribution in [0, 0.1) is 0 Å². The number of halogens is 4. The smallest absolute Gasteiger partial charge is 0.299 e. The molecule has 3 rings (SSSR count). The maximum absolute atomic E-state index is 13.1. The van der Waals surface area contributed by atoms with E-state index < -0.39 is 21.7 Å². The zero-order chi connectivity index (χ0) is 19.1. The van der Waals surface area contributed by atoms with E-state index in [2.05, 4.69) is 9.98 Å². The maximum atomic E-state index is 13.1. The molecule has 26 heavy (non-hydrogen) atoms. The van der Waals surface area contributed by atoms with E-state index in [1.807, 2.05) is 0 Å². The second-order valence-electron chi connectivity index (χ2n) is 5.52. The molecule has 0 bridgehead atoms. The number of hydrogen-bond donors (Lipinski definition) is 0. The lowest BCUT2D eigenvalue weighted by Gasteiger charge is -2.15. The number of allylic oxidation sites excluding steroid dienone is 1. The highest BCUT2D eigenvalue weighted by Gasteiger charge is 2.35. The summed E-state index contributed by atoms with van der Waals surface area (Å²) in [5, 5.41) is 0. The maximum Gasteiger partial charge on any atom is 0.434 e. The zero-order valence-corrected chi connectivity index (χ0v) is 14.8. The molecule has 1 aromatic heterocycles. The van der Waals surface area contributed by atoms with Crippen LogP contribution in [0.5, 0.6) is 0 Å². The third-order valence-corrected chi connectivity index (χ3v) is 4.86. The Hall–Kier alpha value is -2.33. The SMILES string of the molecule is CS(=O)(=O)c1ccc(-n2cc(C(F)(F)F)nc2C2=CN(Cl)CN=C2)cc1. The van der Waals surface area contributed by atoms with Crippen molar-refractivity contribution >= 4 is 33.4 Å². The molecule has 0 amide bonds. The van der Waals surface area contributed by atoms with Crippen molar-refractivity contribution in [1.82, 2.24) is 14.0 Å². The molecule has 138 valence electrons. The third-order valence-electron chi connectivity index (χ3n) is 3.52. The minimum atomic E-state index is -4.64. The lowest BCUT2D eigenvalue weighted by molar-refractivity contribution is -0.140. The van der Waals surface area contributed by atoms with E-state index in [0.717, 1.165) is 12.5 Å². The van der Waals surface area contributed by atoms with Gasteiger partial charge in [-0.15, -0.1) is 0 Å². The van der Waals surface area contributed by atoms with Gasteiger partial charge in [0.1, 0.15) is 12.5 Å². The van der Waals surface area contributed by atoms with Gasteiger partial charge in [-0.1, -0.05) is 0 Å². The molecule has 1 aliphatic rings. The van der Waals surface area contributed by atoms with Crippen LogP contribution in [-0.4, -0.2) is 41.5 Å². The summed E-state index contributed by atoms with van der Waals surface area (Å²) in [7, 11) is -3.42. The largest absolute Gasteiger partial charge is 0.434 e. The highest BCUT2D eigenvalue weighted by atomic mass is 35.5. The number of alkyl halides is 3. The molecule has 2 aromatic rings. The average Bonchev–Trinajstić information content (AvgIpc) is 3.00. The second-order valence-corrected chi connectivity index (χ2v) is 7.97. The van der Waals surface area contributed by atoms with E-state index in [0.29, 0.717) is 5.69 Å². The van der Waals surface area contributed by atoms with Crippen LogP contribution >= 0.6 is 11.8 Å². The second kappa shape index (κ2) is 6.44. The van der Waals surface area contributed by atoms with Gasteiger partial charge >= 0.3 is 6.18 Å². The summed E-state index contributed by atoms with van der Waals surface area (Å²) >= 11 is 5.84. The van der Waals surface area contributed by atoms with Crippen LogP contribution < -0.4 is 0 Å². The van der Waals surface area contributed by atoms with Gasteiger partial charge in [-0.2, -0.15) is 13.2 Å². The lowest BCUT2D eigenvalue weighted by Crippen LogP contribution is -2.12. The van der Waals surface area contributed by atoms with Crippen molar-refractivity contribution in [2.75, 3.05) is 12.9 Å². The monoisotopic (exact) mass is 404 g/mol. The molecule has 11 heteroatoms. The Morgan fingerprint density at radius 3 is 2.38 bits per heavy atom. The lowest BCUT2D eigenvalue weighted by atomic mass is 10.2. The molecule has 0 spiro atoms. The van der Waals surface area contributed by atoms with E-state index in [-0.39, 0.29) is 23.0 Å². The molecule has 0 fully saturated rings. The third kappa shape index (κ3) is 3.75. The van der Waals surface area contributed by atoms with Gasteiger partial charge in [-0.25, -0.2) is 13.4 Å². The van der Waals surface area contributed by atoms with Crippen LogP contribution in [0.25, 0.3) is 11.3 Å². The van der Waals surface area contributed by atoms with Gasteiger partial charge in [0.15, 0.2) is 15.5 Å². The van der Waals surface area contributed by atoms with Gasteiger partial charge in [-0.05, 0) is 24.3 Å². The summed E-state index contributed by atoms with van der Waals surface area (Å²) in [6, 6.07) is 5.44. The molecular weight excluding hydrogens is 393 g/mol. The molecule has 0 unspecified atom stereocenters. The molecule has 1 aromatic carbocycles. The highest BCUT2D eigenvalue weighted by molar-refractivity contribution is 7.90. The molecule has 0 N–H and O–H groups in total. The first-order chi connectivity index (χ1) is 12.1. The molecule has 0 radical (unpaired) electrons. The van der Waals surface area contributed by atoms with Crippen molar-refractivity contribution in [2.45, 2.75) is 11.1 Å². The fraction of sp³-hybridized carbons (Fsp3) is 0.200. The Morgan fingerprint density at radius 2 is 1.85 bits per heavy atom. The topological polar surface area (TPSA) is 67.6 Å². The number of sulfone groups is 1. The number of aliphatic imine (C=N–C) groups is 1. The summed E-state index contributed by atoms with van der Waals surface area (Å²) in [6.45, 7) is 0.168. The summed E-state index contributed by atoms with van der Waals surface area (Å²) in [5.74, 6) is -0.0152. The van der Waals surface area contributed by atoms with Gasteiger partial charge in [0.05, 0.1) is 10.5 Å². The number of rotatable bonds is 3. The molecule has 0 saturated carbocycles. The minimum absolute atomic E-state index is 0.0152. The molecule has 6 nitrogen and oxygen atoms in total. The predicted molar refractivity (Wildman–Crippen MR) is 90.7 cm³/mol. The van der Waals surface area contributed by atoms with Crippen LogP contribution in [0.4, 0.5) is 13.2 Å². The fourth-order valence-corrected chi connectivity index (χ4v) is 3.13. The molecule has 1 aliphatic heterocycles. The summed E-state index contributed by atoms with van der Waals surface area (Å²) in [6.07, 6.45) is 0.0400. The van der Waals surface area contributed by atoms with Crippen molar-refractivity contribution in [3.63, 3.8) is 0 Å². The van der Waals surface area contributed by atoms with E-state index in [1.165, 1.54) is 45.7 Å². The van der Waals surface area contributed by atoms with Crippen LogP contribution in [0.1, 0.15) is 11.5 Å². The Kier molecular flexibility index (Phi) is 4.57. The van der Waals surface area contributed by atoms with Gasteiger partial charge in [0, 0.05) is 42.3 Å². The van der Waals surface area contributed by atoms with Crippen LogP contribution in [0.15, 0.2) is 46.6 Å². The molecule has 0 atom stereocenters. The first-order valence-corrected chi connectivity index (χ1v) is 9.40. The quantitative estimate of drug-likeness (QED) is 0.737. The Balaban J connectivity index is 2.14. The van der Waals surface area contributed by atoms with E-state index in [9.17, 15) is 21.6 Å². The first-order valence-electron chi connectivity index (χ1n) is 7.17. The van der Waals surface area contributed by atoms with E-state index in [4.69, 9.17) is 11.8 Å². The predicted octanol–water partition coefficient (Wildman–Crippen LogP) is 3.13. The van der Waals surface area contributed by atoms with Gasteiger partial charge in [-0.3, -0.25) is 14.0 Å². The standard InChI is InChI=1S/C15H12ClF3N4O2S/c1-26(24,25)12-4-2-11(3-5-12)23-8-13(15(17,18)19)21-14(23)10-6-20-9-22(16)7-10/h2-8H,9H2,1H3. The number of benzene rings is 1. The van der Waals surface area contributed by atoms with Gasteiger partial charge in [0.2, 0.25) is 0 Å². The van der Waals surface area contributed by atoms with Crippen LogP contribution in [0.3, 0.4) is 0 Å². The van der Waals surface area contributed by atoms with Crippen molar-refractivity contribution in [2.24, 2.45) is 4.99 Å². The first kappa shape index (κ1) is 18.5. The van der Waals surface area contributed by atoms with Crippen molar-refractivity contribution in [1.29, 1.82) is 0 Å². The summed E-state index contributed by atoms with van der Waals surface area (Å²) in [4.78, 5) is 7.68. The number of nitrogens with zero attached hydrogens (tertiary/aromatic N) is 4. The van der Waals surface area contributed by atoms with Crippen molar-refractivity contribution in [3.8, 4) is 5.69 Å². The molecule has 0 saturated heterocycles. The molecule has 0 aliphatic carbocycles. The van der Waals surface area contributed by atoms with Gasteiger partial charge < -0.3 is 0 Å². The zero-order valence-electron chi connectivity index (χ0n) is 13.3. The van der Waals surface area contributed by atoms with E-state index >= 15 is 0 Å². The van der Waals surface area contributed by atoms with Crippen LogP contribution in [0.2, 0.25) is 0 Å².